The van der Waals surface area contributed by atoms with E-state index in [9.17, 15) is 0 Å². The lowest BCUT2D eigenvalue weighted by Gasteiger charge is -2.14. The second-order valence-electron chi connectivity index (χ2n) is 4.70. The average Bonchev–Trinajstić information content (AvgIpc) is 2.84. The number of hydrogen-bond acceptors (Lipinski definition) is 4. The van der Waals surface area contributed by atoms with Crippen molar-refractivity contribution in [3.63, 3.8) is 0 Å². The summed E-state index contributed by atoms with van der Waals surface area (Å²) >= 11 is 1.76. The molecule has 1 aromatic heterocycles. The fourth-order valence-electron chi connectivity index (χ4n) is 1.64. The third-order valence-corrected chi connectivity index (χ3v) is 3.91. The lowest BCUT2D eigenvalue weighted by Crippen LogP contribution is -2.38. The second kappa shape index (κ2) is 9.72. The fraction of sp³-hybridized carbons (Fsp3) is 0.714. The minimum absolute atomic E-state index is 0.816. The van der Waals surface area contributed by atoms with Crippen LogP contribution in [0.5, 0.6) is 0 Å². The monoisotopic (exact) mass is 297 g/mol. The van der Waals surface area contributed by atoms with E-state index < -0.39 is 0 Å². The Hall–Kier alpha value is -1.14. The maximum Gasteiger partial charge on any atom is 0.191 e. The zero-order valence-electron chi connectivity index (χ0n) is 13.1. The highest BCUT2D eigenvalue weighted by molar-refractivity contribution is 7.11. The van der Waals surface area contributed by atoms with Gasteiger partial charge in [-0.25, -0.2) is 4.98 Å². The molecule has 0 spiro atoms. The molecule has 0 aromatic carbocycles. The topological polar surface area (TPSA) is 52.6 Å². The Bertz CT molecular complexity index is 402. The van der Waals surface area contributed by atoms with Crippen molar-refractivity contribution < 1.29 is 0 Å². The summed E-state index contributed by atoms with van der Waals surface area (Å²) in [6.07, 6.45) is 2.87. The van der Waals surface area contributed by atoms with Crippen molar-refractivity contribution in [2.75, 3.05) is 39.8 Å². The predicted octanol–water partition coefficient (Wildman–Crippen LogP) is 1.50. The molecule has 1 rings (SSSR count). The number of thiazole rings is 1. The largest absolute Gasteiger partial charge is 0.357 e. The molecule has 1 aromatic rings. The summed E-state index contributed by atoms with van der Waals surface area (Å²) in [4.78, 5) is 12.5. The van der Waals surface area contributed by atoms with Crippen molar-refractivity contribution >= 4 is 17.3 Å². The number of rotatable bonds is 8. The van der Waals surface area contributed by atoms with Gasteiger partial charge in [-0.1, -0.05) is 6.92 Å². The first-order valence-corrected chi connectivity index (χ1v) is 8.09. The lowest BCUT2D eigenvalue weighted by molar-refractivity contribution is 0.363. The highest BCUT2D eigenvalue weighted by atomic mass is 32.1. The number of likely N-dealkylation sites (N-methyl/N-ethyl adjacent to an activating group) is 1. The maximum absolute atomic E-state index is 4.57. The SMILES string of the molecule is CCNC(=NCCN(C)CC)NCCc1ncc(C)s1. The number of aliphatic imine (C=N–C) groups is 1. The van der Waals surface area contributed by atoms with Crippen molar-refractivity contribution in [1.82, 2.24) is 20.5 Å². The zero-order valence-corrected chi connectivity index (χ0v) is 13.9. The number of nitrogens with one attached hydrogen (secondary N) is 2. The number of nitrogens with zero attached hydrogens (tertiary/aromatic N) is 3. The van der Waals surface area contributed by atoms with Crippen LogP contribution in [0.1, 0.15) is 23.7 Å². The van der Waals surface area contributed by atoms with Crippen LogP contribution < -0.4 is 10.6 Å². The van der Waals surface area contributed by atoms with Crippen molar-refractivity contribution in [3.8, 4) is 0 Å². The van der Waals surface area contributed by atoms with Crippen LogP contribution in [-0.2, 0) is 6.42 Å². The molecule has 1 heterocycles. The molecule has 20 heavy (non-hydrogen) atoms. The summed E-state index contributed by atoms with van der Waals surface area (Å²) in [5, 5.41) is 7.80. The van der Waals surface area contributed by atoms with E-state index in [1.165, 1.54) is 9.88 Å². The summed E-state index contributed by atoms with van der Waals surface area (Å²) in [7, 11) is 2.11. The van der Waals surface area contributed by atoms with Gasteiger partial charge in [-0.3, -0.25) is 4.99 Å². The van der Waals surface area contributed by atoms with E-state index in [2.05, 4.69) is 53.3 Å². The first kappa shape index (κ1) is 16.9. The van der Waals surface area contributed by atoms with Crippen molar-refractivity contribution in [3.05, 3.63) is 16.1 Å². The molecule has 114 valence electrons. The fourth-order valence-corrected chi connectivity index (χ4v) is 2.42. The molecule has 0 saturated carbocycles. The number of aromatic nitrogens is 1. The van der Waals surface area contributed by atoms with Crippen LogP contribution in [0.2, 0.25) is 0 Å². The second-order valence-corrected chi connectivity index (χ2v) is 6.02. The average molecular weight is 297 g/mol. The molecule has 5 nitrogen and oxygen atoms in total. The molecule has 0 atom stereocenters. The molecule has 0 aliphatic rings. The van der Waals surface area contributed by atoms with E-state index in [1.54, 1.807) is 11.3 Å². The highest BCUT2D eigenvalue weighted by Crippen LogP contribution is 2.10. The summed E-state index contributed by atoms with van der Waals surface area (Å²) in [6, 6.07) is 0. The van der Waals surface area contributed by atoms with Crippen molar-refractivity contribution in [2.45, 2.75) is 27.2 Å². The first-order valence-electron chi connectivity index (χ1n) is 7.27. The van der Waals surface area contributed by atoms with Crippen LogP contribution in [0.15, 0.2) is 11.2 Å². The number of guanidine groups is 1. The number of hydrogen-bond donors (Lipinski definition) is 2. The van der Waals surface area contributed by atoms with Gasteiger partial charge in [0.15, 0.2) is 5.96 Å². The van der Waals surface area contributed by atoms with Crippen molar-refractivity contribution in [1.29, 1.82) is 0 Å². The summed E-state index contributed by atoms with van der Waals surface area (Å²) < 4.78 is 0. The molecule has 0 radical (unpaired) electrons. The van der Waals surface area contributed by atoms with Crippen LogP contribution >= 0.6 is 11.3 Å². The summed E-state index contributed by atoms with van der Waals surface area (Å²) in [5.41, 5.74) is 0. The van der Waals surface area contributed by atoms with Gasteiger partial charge in [-0.2, -0.15) is 0 Å². The van der Waals surface area contributed by atoms with Crippen LogP contribution in [0.4, 0.5) is 0 Å². The zero-order chi connectivity index (χ0) is 14.8. The van der Waals surface area contributed by atoms with Gasteiger partial charge in [0.1, 0.15) is 0 Å². The molecule has 0 unspecified atom stereocenters. The predicted molar refractivity (Wildman–Crippen MR) is 87.7 cm³/mol. The minimum Gasteiger partial charge on any atom is -0.357 e. The van der Waals surface area contributed by atoms with E-state index in [-0.39, 0.29) is 0 Å². The molecule has 0 saturated heterocycles. The van der Waals surface area contributed by atoms with Crippen LogP contribution in [0.25, 0.3) is 0 Å². The van der Waals surface area contributed by atoms with Gasteiger partial charge in [0, 0.05) is 37.1 Å². The van der Waals surface area contributed by atoms with Gasteiger partial charge in [-0.05, 0) is 27.4 Å². The van der Waals surface area contributed by atoms with Crippen LogP contribution in [0.3, 0.4) is 0 Å². The molecule has 0 amide bonds. The molecule has 0 bridgehead atoms. The molecule has 0 aliphatic heterocycles. The van der Waals surface area contributed by atoms with Crippen LogP contribution in [-0.4, -0.2) is 55.6 Å². The Kier molecular flexibility index (Phi) is 8.22. The normalized spacial score (nSPS) is 11.9. The van der Waals surface area contributed by atoms with Crippen molar-refractivity contribution in [2.24, 2.45) is 4.99 Å². The van der Waals surface area contributed by atoms with Crippen LogP contribution in [0, 0.1) is 6.92 Å². The van der Waals surface area contributed by atoms with Gasteiger partial charge >= 0.3 is 0 Å². The lowest BCUT2D eigenvalue weighted by atomic mass is 10.4. The molecular formula is C14H27N5S. The quantitative estimate of drug-likeness (QED) is 0.564. The van der Waals surface area contributed by atoms with E-state index >= 15 is 0 Å². The van der Waals surface area contributed by atoms with E-state index in [4.69, 9.17) is 0 Å². The molecule has 6 heteroatoms. The minimum atomic E-state index is 0.816. The molecule has 0 aliphatic carbocycles. The summed E-state index contributed by atoms with van der Waals surface area (Å²) in [6.45, 7) is 10.9. The van der Waals surface area contributed by atoms with Gasteiger partial charge in [0.25, 0.3) is 0 Å². The smallest absolute Gasteiger partial charge is 0.191 e. The third-order valence-electron chi connectivity index (χ3n) is 2.94. The Morgan fingerprint density at radius 3 is 2.80 bits per heavy atom. The maximum atomic E-state index is 4.57. The Labute approximate surface area is 126 Å². The van der Waals surface area contributed by atoms with Gasteiger partial charge in [0.05, 0.1) is 11.6 Å². The van der Waals surface area contributed by atoms with Gasteiger partial charge < -0.3 is 15.5 Å². The standard InChI is InChI=1S/C14H27N5S/c1-5-15-14(17-9-10-19(4)6-2)16-8-7-13-18-11-12(3)20-13/h11H,5-10H2,1-4H3,(H2,15,16,17). The van der Waals surface area contributed by atoms with E-state index in [1.807, 2.05) is 6.20 Å². The Morgan fingerprint density at radius 1 is 1.40 bits per heavy atom. The summed E-state index contributed by atoms with van der Waals surface area (Å²) in [5.74, 6) is 0.894. The molecular weight excluding hydrogens is 270 g/mol. The highest BCUT2D eigenvalue weighted by Gasteiger charge is 2.01. The van der Waals surface area contributed by atoms with Gasteiger partial charge in [0.2, 0.25) is 0 Å². The first-order chi connectivity index (χ1) is 9.65. The van der Waals surface area contributed by atoms with Gasteiger partial charge in [-0.15, -0.1) is 11.3 Å². The number of aryl methyl sites for hydroxylation is 1. The third kappa shape index (κ3) is 6.86. The Morgan fingerprint density at radius 2 is 2.20 bits per heavy atom. The van der Waals surface area contributed by atoms with E-state index in [0.29, 0.717) is 0 Å². The Balaban J connectivity index is 2.32. The molecule has 2 N–H and O–H groups in total. The van der Waals surface area contributed by atoms with E-state index in [0.717, 1.165) is 45.1 Å². The molecule has 0 fully saturated rings.